The first kappa shape index (κ1) is 14.2. The van der Waals surface area contributed by atoms with Crippen LogP contribution in [-0.2, 0) is 4.79 Å². The van der Waals surface area contributed by atoms with E-state index in [9.17, 15) is 14.9 Å². The van der Waals surface area contributed by atoms with Crippen LogP contribution in [0.1, 0.15) is 31.2 Å². The van der Waals surface area contributed by atoms with Gasteiger partial charge in [-0.2, -0.15) is 0 Å². The maximum atomic E-state index is 11.4. The van der Waals surface area contributed by atoms with Gasteiger partial charge in [-0.05, 0) is 25.8 Å². The largest absolute Gasteiger partial charge is 0.369 e. The summed E-state index contributed by atoms with van der Waals surface area (Å²) in [7, 11) is 0. The number of hydrogen-bond donors (Lipinski definition) is 2. The van der Waals surface area contributed by atoms with Crippen LogP contribution in [0.25, 0.3) is 0 Å². The molecule has 1 aromatic heterocycles. The lowest BCUT2D eigenvalue weighted by Gasteiger charge is -2.30. The molecule has 1 aliphatic carbocycles. The summed E-state index contributed by atoms with van der Waals surface area (Å²) in [4.78, 5) is 25.8. The normalized spacial score (nSPS) is 22.2. The number of carbonyl (C=O) groups is 1. The van der Waals surface area contributed by atoms with Crippen LogP contribution in [0.4, 0.5) is 11.5 Å². The lowest BCUT2D eigenvalue weighted by atomic mass is 9.84. The second kappa shape index (κ2) is 5.85. The number of rotatable bonds is 4. The molecular weight excluding hydrogens is 260 g/mol. The van der Waals surface area contributed by atoms with Crippen molar-refractivity contribution in [3.8, 4) is 0 Å². The minimum Gasteiger partial charge on any atom is -0.369 e. The van der Waals surface area contributed by atoms with Crippen molar-refractivity contribution < 1.29 is 9.72 Å². The number of nitrogens with two attached hydrogens (primary N) is 1. The van der Waals surface area contributed by atoms with E-state index in [1.54, 1.807) is 13.0 Å². The van der Waals surface area contributed by atoms with Crippen molar-refractivity contribution in [1.29, 1.82) is 0 Å². The van der Waals surface area contributed by atoms with E-state index in [2.05, 4.69) is 10.3 Å². The van der Waals surface area contributed by atoms with Gasteiger partial charge in [-0.3, -0.25) is 14.9 Å². The molecule has 7 heteroatoms. The second-order valence-electron chi connectivity index (χ2n) is 5.16. The molecule has 1 amide bonds. The van der Waals surface area contributed by atoms with E-state index in [-0.39, 0.29) is 23.6 Å². The van der Waals surface area contributed by atoms with Gasteiger partial charge in [-0.25, -0.2) is 4.98 Å². The van der Waals surface area contributed by atoms with Crippen LogP contribution < -0.4 is 11.1 Å². The molecule has 0 spiro atoms. The summed E-state index contributed by atoms with van der Waals surface area (Å²) in [6.07, 6.45) is 4.90. The molecule has 2 atom stereocenters. The summed E-state index contributed by atoms with van der Waals surface area (Å²) >= 11 is 0. The van der Waals surface area contributed by atoms with E-state index in [1.807, 2.05) is 0 Å². The summed E-state index contributed by atoms with van der Waals surface area (Å²) in [5.74, 6) is 0.0353. The zero-order chi connectivity index (χ0) is 14.7. The van der Waals surface area contributed by atoms with Crippen LogP contribution in [0, 0.1) is 23.0 Å². The fraction of sp³-hybridized carbons (Fsp3) is 0.538. The number of carbonyl (C=O) groups excluding carboxylic acids is 1. The molecule has 1 heterocycles. The van der Waals surface area contributed by atoms with Crippen molar-refractivity contribution in [1.82, 2.24) is 4.98 Å². The number of amides is 1. The first-order chi connectivity index (χ1) is 9.49. The van der Waals surface area contributed by atoms with Crippen LogP contribution in [-0.4, -0.2) is 21.9 Å². The Morgan fingerprint density at radius 1 is 1.50 bits per heavy atom. The summed E-state index contributed by atoms with van der Waals surface area (Å²) in [5.41, 5.74) is 5.95. The van der Waals surface area contributed by atoms with Gasteiger partial charge in [0.2, 0.25) is 5.91 Å². The number of anilines is 1. The first-order valence-electron chi connectivity index (χ1n) is 6.66. The third-order valence-corrected chi connectivity index (χ3v) is 3.74. The Kier molecular flexibility index (Phi) is 4.16. The molecule has 108 valence electrons. The molecule has 0 saturated heterocycles. The number of aromatic nitrogens is 1. The fourth-order valence-electron chi connectivity index (χ4n) is 2.65. The first-order valence-corrected chi connectivity index (χ1v) is 6.66. The van der Waals surface area contributed by atoms with Crippen LogP contribution in [0.2, 0.25) is 0 Å². The van der Waals surface area contributed by atoms with E-state index in [0.29, 0.717) is 11.4 Å². The molecule has 0 radical (unpaired) electrons. The van der Waals surface area contributed by atoms with Gasteiger partial charge in [0.15, 0.2) is 0 Å². The summed E-state index contributed by atoms with van der Waals surface area (Å²) in [6.45, 7) is 1.66. The third kappa shape index (κ3) is 3.04. The molecule has 1 saturated carbocycles. The van der Waals surface area contributed by atoms with Gasteiger partial charge in [0.05, 0.1) is 10.8 Å². The standard InChI is InChI=1S/C13H18N4O3/c1-8-6-12(15-7-11(8)17(19)20)16-10-5-3-2-4-9(10)13(14)18/h6-7,9-10H,2-5H2,1H3,(H2,14,18)(H,15,16). The Hall–Kier alpha value is -2.18. The number of aryl methyl sites for hydroxylation is 1. The summed E-state index contributed by atoms with van der Waals surface area (Å²) in [5, 5.41) is 13.9. The number of hydrogen-bond acceptors (Lipinski definition) is 5. The minimum atomic E-state index is -0.459. The maximum absolute atomic E-state index is 11.4. The molecule has 2 rings (SSSR count). The SMILES string of the molecule is Cc1cc(NC2CCCCC2C(N)=O)ncc1[N+](=O)[O-]. The molecule has 0 aromatic carbocycles. The molecule has 1 aromatic rings. The van der Waals surface area contributed by atoms with Gasteiger partial charge < -0.3 is 11.1 Å². The van der Waals surface area contributed by atoms with Crippen molar-refractivity contribution in [2.24, 2.45) is 11.7 Å². The smallest absolute Gasteiger partial charge is 0.290 e. The van der Waals surface area contributed by atoms with Crippen molar-refractivity contribution in [3.05, 3.63) is 27.9 Å². The Labute approximate surface area is 116 Å². The molecule has 1 aliphatic rings. The summed E-state index contributed by atoms with van der Waals surface area (Å²) < 4.78 is 0. The lowest BCUT2D eigenvalue weighted by Crippen LogP contribution is -2.40. The van der Waals surface area contributed by atoms with Crippen molar-refractivity contribution >= 4 is 17.4 Å². The third-order valence-electron chi connectivity index (χ3n) is 3.74. The molecule has 20 heavy (non-hydrogen) atoms. The Morgan fingerprint density at radius 3 is 2.80 bits per heavy atom. The van der Waals surface area contributed by atoms with Crippen molar-refractivity contribution in [2.75, 3.05) is 5.32 Å². The Bertz CT molecular complexity index is 532. The number of pyridine rings is 1. The van der Waals surface area contributed by atoms with Crippen LogP contribution in [0.3, 0.4) is 0 Å². The van der Waals surface area contributed by atoms with E-state index in [4.69, 9.17) is 5.73 Å². The van der Waals surface area contributed by atoms with E-state index in [0.717, 1.165) is 25.7 Å². The fourth-order valence-corrected chi connectivity index (χ4v) is 2.65. The Balaban J connectivity index is 2.14. The predicted molar refractivity (Wildman–Crippen MR) is 74.2 cm³/mol. The number of nitrogens with one attached hydrogen (secondary N) is 1. The molecule has 1 fully saturated rings. The van der Waals surface area contributed by atoms with Crippen LogP contribution in [0.5, 0.6) is 0 Å². The predicted octanol–water partition coefficient (Wildman–Crippen LogP) is 1.75. The molecule has 3 N–H and O–H groups in total. The number of nitrogens with zero attached hydrogens (tertiary/aromatic N) is 2. The minimum absolute atomic E-state index is 0.00866. The van der Waals surface area contributed by atoms with Gasteiger partial charge in [-0.1, -0.05) is 12.8 Å². The van der Waals surface area contributed by atoms with Crippen molar-refractivity contribution in [3.63, 3.8) is 0 Å². The average Bonchev–Trinajstić information content (AvgIpc) is 2.38. The zero-order valence-corrected chi connectivity index (χ0v) is 11.3. The summed E-state index contributed by atoms with van der Waals surface area (Å²) in [6, 6.07) is 1.58. The highest BCUT2D eigenvalue weighted by Gasteiger charge is 2.29. The second-order valence-corrected chi connectivity index (χ2v) is 5.16. The van der Waals surface area contributed by atoms with Gasteiger partial charge in [0.25, 0.3) is 5.69 Å². The number of primary amides is 1. The number of nitro groups is 1. The zero-order valence-electron chi connectivity index (χ0n) is 11.3. The molecule has 0 aliphatic heterocycles. The van der Waals surface area contributed by atoms with Crippen LogP contribution in [0.15, 0.2) is 12.3 Å². The Morgan fingerprint density at radius 2 is 2.20 bits per heavy atom. The van der Waals surface area contributed by atoms with Crippen molar-refractivity contribution in [2.45, 2.75) is 38.6 Å². The molecular formula is C13H18N4O3. The maximum Gasteiger partial charge on any atom is 0.290 e. The van der Waals surface area contributed by atoms with E-state index < -0.39 is 4.92 Å². The molecule has 7 nitrogen and oxygen atoms in total. The highest BCUT2D eigenvalue weighted by Crippen LogP contribution is 2.27. The van der Waals surface area contributed by atoms with Gasteiger partial charge in [0.1, 0.15) is 12.0 Å². The van der Waals surface area contributed by atoms with Gasteiger partial charge in [0, 0.05) is 11.6 Å². The molecule has 0 bridgehead atoms. The van der Waals surface area contributed by atoms with E-state index >= 15 is 0 Å². The quantitative estimate of drug-likeness (QED) is 0.643. The van der Waals surface area contributed by atoms with E-state index in [1.165, 1.54) is 6.20 Å². The van der Waals surface area contributed by atoms with Crippen LogP contribution >= 0.6 is 0 Å². The lowest BCUT2D eigenvalue weighted by molar-refractivity contribution is -0.385. The topological polar surface area (TPSA) is 111 Å². The van der Waals surface area contributed by atoms with Gasteiger partial charge in [-0.15, -0.1) is 0 Å². The molecule has 2 unspecified atom stereocenters. The monoisotopic (exact) mass is 278 g/mol. The van der Waals surface area contributed by atoms with Gasteiger partial charge >= 0.3 is 0 Å². The highest BCUT2D eigenvalue weighted by molar-refractivity contribution is 5.78. The highest BCUT2D eigenvalue weighted by atomic mass is 16.6. The average molecular weight is 278 g/mol.